The molecule has 2 aromatic carbocycles. The van der Waals surface area contributed by atoms with Crippen molar-refractivity contribution in [1.82, 2.24) is 10.2 Å². The summed E-state index contributed by atoms with van der Waals surface area (Å²) in [7, 11) is 1.50. The first-order chi connectivity index (χ1) is 14.8. The van der Waals surface area contributed by atoms with E-state index in [0.717, 1.165) is 5.56 Å². The van der Waals surface area contributed by atoms with E-state index in [-0.39, 0.29) is 23.8 Å². The fourth-order valence-corrected chi connectivity index (χ4v) is 3.60. The number of urea groups is 1. The second-order valence-electron chi connectivity index (χ2n) is 6.77. The first kappa shape index (κ1) is 22.4. The lowest BCUT2D eigenvalue weighted by Gasteiger charge is -2.14. The van der Waals surface area contributed by atoms with Crippen molar-refractivity contribution in [2.45, 2.75) is 20.0 Å². The van der Waals surface area contributed by atoms with Crippen LogP contribution in [0.5, 0.6) is 11.5 Å². The molecule has 3 amide bonds. The lowest BCUT2D eigenvalue weighted by atomic mass is 10.1. The van der Waals surface area contributed by atoms with Gasteiger partial charge in [-0.05, 0) is 63.8 Å². The van der Waals surface area contributed by atoms with Gasteiger partial charge in [-0.3, -0.25) is 9.69 Å². The number of nitrogens with zero attached hydrogens (tertiary/aromatic N) is 1. The van der Waals surface area contributed by atoms with Crippen molar-refractivity contribution in [1.29, 1.82) is 0 Å². The van der Waals surface area contributed by atoms with Crippen LogP contribution in [0.25, 0.3) is 6.08 Å². The van der Waals surface area contributed by atoms with Crippen molar-refractivity contribution in [2.24, 2.45) is 0 Å². The Bertz CT molecular complexity index is 1050. The van der Waals surface area contributed by atoms with E-state index in [9.17, 15) is 14.4 Å². The summed E-state index contributed by atoms with van der Waals surface area (Å²) in [6, 6.07) is 9.40. The molecule has 2 aromatic rings. The molecule has 0 atom stereocenters. The molecular formula is C22H21BrN2O6. The minimum Gasteiger partial charge on any atom is -0.493 e. The smallest absolute Gasteiger partial charge is 0.335 e. The number of ether oxygens (including phenoxy) is 2. The SMILES string of the molecule is CCCN1C(=O)NC(=Cc2cc(Br)c(OCc3ccc(C(=O)O)cc3)c(OC)c2)C1=O. The number of benzene rings is 2. The number of carbonyl (C=O) groups excluding carboxylic acids is 2. The zero-order valence-corrected chi connectivity index (χ0v) is 18.6. The van der Waals surface area contributed by atoms with Gasteiger partial charge in [-0.25, -0.2) is 9.59 Å². The molecule has 1 fully saturated rings. The van der Waals surface area contributed by atoms with Crippen LogP contribution in [-0.4, -0.2) is 41.6 Å². The monoisotopic (exact) mass is 488 g/mol. The van der Waals surface area contributed by atoms with Gasteiger partial charge in [0.25, 0.3) is 5.91 Å². The Morgan fingerprint density at radius 3 is 2.55 bits per heavy atom. The molecule has 9 heteroatoms. The molecule has 0 aliphatic carbocycles. The standard InChI is InChI=1S/C22H21BrN2O6/c1-3-8-25-20(26)17(24-22(25)29)10-14-9-16(23)19(18(11-14)30-2)31-12-13-4-6-15(7-5-13)21(27)28/h4-7,9-11H,3,8,12H2,1-2H3,(H,24,29)(H,27,28). The summed E-state index contributed by atoms with van der Waals surface area (Å²) in [6.45, 7) is 2.45. The number of halogens is 1. The van der Waals surface area contributed by atoms with Gasteiger partial charge in [0.05, 0.1) is 17.1 Å². The van der Waals surface area contributed by atoms with Crippen LogP contribution in [0.3, 0.4) is 0 Å². The van der Waals surface area contributed by atoms with Crippen LogP contribution in [0.4, 0.5) is 4.79 Å². The van der Waals surface area contributed by atoms with Gasteiger partial charge < -0.3 is 19.9 Å². The molecule has 0 radical (unpaired) electrons. The predicted octanol–water partition coefficient (Wildman–Crippen LogP) is 4.04. The van der Waals surface area contributed by atoms with E-state index < -0.39 is 12.0 Å². The quantitative estimate of drug-likeness (QED) is 0.429. The molecule has 162 valence electrons. The zero-order chi connectivity index (χ0) is 22.5. The van der Waals surface area contributed by atoms with Gasteiger partial charge in [0.15, 0.2) is 11.5 Å². The lowest BCUT2D eigenvalue weighted by Crippen LogP contribution is -2.31. The van der Waals surface area contributed by atoms with Gasteiger partial charge in [-0.1, -0.05) is 19.1 Å². The molecule has 2 N–H and O–H groups in total. The molecule has 0 saturated carbocycles. The molecule has 1 heterocycles. The highest BCUT2D eigenvalue weighted by Crippen LogP contribution is 2.38. The first-order valence-corrected chi connectivity index (χ1v) is 10.3. The van der Waals surface area contributed by atoms with Gasteiger partial charge in [0, 0.05) is 6.54 Å². The number of aromatic carboxylic acids is 1. The number of imide groups is 1. The molecule has 1 saturated heterocycles. The van der Waals surface area contributed by atoms with Gasteiger partial charge in [-0.2, -0.15) is 0 Å². The Morgan fingerprint density at radius 1 is 1.23 bits per heavy atom. The number of hydrogen-bond acceptors (Lipinski definition) is 5. The second kappa shape index (κ2) is 9.65. The lowest BCUT2D eigenvalue weighted by molar-refractivity contribution is -0.122. The highest BCUT2D eigenvalue weighted by Gasteiger charge is 2.32. The normalized spacial score (nSPS) is 14.7. The van der Waals surface area contributed by atoms with Gasteiger partial charge >= 0.3 is 12.0 Å². The topological polar surface area (TPSA) is 105 Å². The summed E-state index contributed by atoms with van der Waals surface area (Å²) < 4.78 is 11.9. The maximum absolute atomic E-state index is 12.4. The third-order valence-corrected chi connectivity index (χ3v) is 5.15. The maximum atomic E-state index is 12.4. The van der Waals surface area contributed by atoms with E-state index in [1.807, 2.05) is 6.92 Å². The fraction of sp³-hybridized carbons (Fsp3) is 0.227. The summed E-state index contributed by atoms with van der Waals surface area (Å²) in [5, 5.41) is 11.6. The molecule has 31 heavy (non-hydrogen) atoms. The summed E-state index contributed by atoms with van der Waals surface area (Å²) in [4.78, 5) is 36.5. The molecule has 0 unspecified atom stereocenters. The summed E-state index contributed by atoms with van der Waals surface area (Å²) in [5.74, 6) is -0.463. The van der Waals surface area contributed by atoms with Crippen molar-refractivity contribution in [3.8, 4) is 11.5 Å². The minimum atomic E-state index is -0.990. The number of methoxy groups -OCH3 is 1. The highest BCUT2D eigenvalue weighted by molar-refractivity contribution is 9.10. The van der Waals surface area contributed by atoms with Crippen molar-refractivity contribution in [3.05, 3.63) is 63.3 Å². The number of rotatable bonds is 8. The zero-order valence-electron chi connectivity index (χ0n) is 17.0. The fourth-order valence-electron chi connectivity index (χ4n) is 3.03. The Kier molecular flexibility index (Phi) is 6.96. The molecule has 0 aromatic heterocycles. The van der Waals surface area contributed by atoms with Crippen LogP contribution in [-0.2, 0) is 11.4 Å². The number of amides is 3. The van der Waals surface area contributed by atoms with Crippen molar-refractivity contribution in [2.75, 3.05) is 13.7 Å². The summed E-state index contributed by atoms with van der Waals surface area (Å²) in [5.41, 5.74) is 1.83. The average molecular weight is 489 g/mol. The number of nitrogens with one attached hydrogen (secondary N) is 1. The van der Waals surface area contributed by atoms with E-state index in [2.05, 4.69) is 21.2 Å². The number of carboxylic acid groups (broad SMARTS) is 1. The van der Waals surface area contributed by atoms with E-state index >= 15 is 0 Å². The number of hydrogen-bond donors (Lipinski definition) is 2. The summed E-state index contributed by atoms with van der Waals surface area (Å²) in [6.07, 6.45) is 2.26. The third kappa shape index (κ3) is 5.05. The maximum Gasteiger partial charge on any atom is 0.335 e. The molecule has 8 nitrogen and oxygen atoms in total. The molecular weight excluding hydrogens is 468 g/mol. The van der Waals surface area contributed by atoms with Crippen LogP contribution in [0, 0.1) is 0 Å². The third-order valence-electron chi connectivity index (χ3n) is 4.56. The molecule has 1 aliphatic rings. The largest absolute Gasteiger partial charge is 0.493 e. The Balaban J connectivity index is 1.79. The minimum absolute atomic E-state index is 0.194. The Morgan fingerprint density at radius 2 is 1.94 bits per heavy atom. The van der Waals surface area contributed by atoms with Crippen molar-refractivity contribution < 1.29 is 29.0 Å². The molecule has 0 bridgehead atoms. The van der Waals surface area contributed by atoms with Crippen LogP contribution in [0.1, 0.15) is 34.8 Å². The van der Waals surface area contributed by atoms with E-state index in [1.54, 1.807) is 30.3 Å². The number of carbonyl (C=O) groups is 3. The second-order valence-corrected chi connectivity index (χ2v) is 7.62. The Hall–Kier alpha value is -3.33. The van der Waals surface area contributed by atoms with Crippen LogP contribution in [0.15, 0.2) is 46.6 Å². The summed E-state index contributed by atoms with van der Waals surface area (Å²) >= 11 is 3.46. The van der Waals surface area contributed by atoms with Gasteiger partial charge in [-0.15, -0.1) is 0 Å². The highest BCUT2D eigenvalue weighted by atomic mass is 79.9. The first-order valence-electron chi connectivity index (χ1n) is 9.51. The van der Waals surface area contributed by atoms with E-state index in [4.69, 9.17) is 14.6 Å². The molecule has 0 spiro atoms. The molecule has 3 rings (SSSR count). The van der Waals surface area contributed by atoms with Crippen LogP contribution in [0.2, 0.25) is 0 Å². The van der Waals surface area contributed by atoms with E-state index in [0.29, 0.717) is 34.5 Å². The van der Waals surface area contributed by atoms with Crippen LogP contribution < -0.4 is 14.8 Å². The number of carboxylic acids is 1. The van der Waals surface area contributed by atoms with Crippen molar-refractivity contribution >= 4 is 39.9 Å². The average Bonchev–Trinajstić information content (AvgIpc) is 3.00. The molecule has 1 aliphatic heterocycles. The van der Waals surface area contributed by atoms with Crippen molar-refractivity contribution in [3.63, 3.8) is 0 Å². The predicted molar refractivity (Wildman–Crippen MR) is 117 cm³/mol. The van der Waals surface area contributed by atoms with Gasteiger partial charge in [0.2, 0.25) is 0 Å². The van der Waals surface area contributed by atoms with Gasteiger partial charge in [0.1, 0.15) is 12.3 Å². The Labute approximate surface area is 187 Å². The van der Waals surface area contributed by atoms with Crippen LogP contribution >= 0.6 is 15.9 Å². The van der Waals surface area contributed by atoms with E-state index in [1.165, 1.54) is 24.1 Å².